The zero-order valence-electron chi connectivity index (χ0n) is 14.7. The molecular formula is C18H20N6O3. The lowest BCUT2D eigenvalue weighted by molar-refractivity contribution is -0.121. The minimum absolute atomic E-state index is 0.00366. The van der Waals surface area contributed by atoms with Crippen LogP contribution < -0.4 is 15.8 Å². The normalized spacial score (nSPS) is 15.5. The van der Waals surface area contributed by atoms with Crippen LogP contribution in [0, 0.1) is 0 Å². The van der Waals surface area contributed by atoms with E-state index in [0.29, 0.717) is 50.1 Å². The van der Waals surface area contributed by atoms with E-state index in [1.165, 1.54) is 0 Å². The van der Waals surface area contributed by atoms with E-state index in [9.17, 15) is 9.90 Å². The number of nitrogen functional groups attached to an aromatic ring is 1. The SMILES string of the molecule is Nc1nc2nc3c1nc(O)n3Cc1cccc(c1)CCC(=O)NCCCO2. The van der Waals surface area contributed by atoms with E-state index in [2.05, 4.69) is 20.3 Å². The molecule has 3 heterocycles. The molecule has 0 saturated carbocycles. The summed E-state index contributed by atoms with van der Waals surface area (Å²) in [5.41, 5.74) is 8.72. The Balaban J connectivity index is 1.76. The van der Waals surface area contributed by atoms with Gasteiger partial charge in [-0.15, -0.1) is 0 Å². The van der Waals surface area contributed by atoms with Crippen LogP contribution in [0.25, 0.3) is 11.2 Å². The largest absolute Gasteiger partial charge is 0.480 e. The van der Waals surface area contributed by atoms with Gasteiger partial charge in [0.1, 0.15) is 0 Å². The van der Waals surface area contributed by atoms with Gasteiger partial charge < -0.3 is 20.9 Å². The third kappa shape index (κ3) is 3.62. The van der Waals surface area contributed by atoms with Crippen molar-refractivity contribution in [3.63, 3.8) is 0 Å². The number of nitrogens with one attached hydrogen (secondary N) is 1. The molecule has 0 atom stereocenters. The molecular weight excluding hydrogens is 348 g/mol. The van der Waals surface area contributed by atoms with Crippen LogP contribution in [-0.4, -0.2) is 43.7 Å². The summed E-state index contributed by atoms with van der Waals surface area (Å²) < 4.78 is 7.13. The maximum Gasteiger partial charge on any atom is 0.320 e. The fraction of sp³-hybridized carbons (Fsp3) is 0.333. The summed E-state index contributed by atoms with van der Waals surface area (Å²) in [6.45, 7) is 1.21. The number of ether oxygens (including phenoxy) is 1. The van der Waals surface area contributed by atoms with Crippen molar-refractivity contribution >= 4 is 22.9 Å². The molecule has 4 rings (SSSR count). The van der Waals surface area contributed by atoms with Crippen molar-refractivity contribution in [3.05, 3.63) is 35.4 Å². The first-order valence-electron chi connectivity index (χ1n) is 8.80. The van der Waals surface area contributed by atoms with E-state index < -0.39 is 0 Å². The van der Waals surface area contributed by atoms with Gasteiger partial charge in [-0.25, -0.2) is 0 Å². The van der Waals surface area contributed by atoms with Gasteiger partial charge in [0, 0.05) is 13.0 Å². The summed E-state index contributed by atoms with van der Waals surface area (Å²) in [5.74, 6) is 0.149. The Morgan fingerprint density at radius 3 is 2.93 bits per heavy atom. The van der Waals surface area contributed by atoms with Crippen LogP contribution in [0.5, 0.6) is 12.0 Å². The second kappa shape index (κ2) is 7.10. The molecule has 0 saturated heterocycles. The van der Waals surface area contributed by atoms with Gasteiger partial charge in [0.05, 0.1) is 13.2 Å². The zero-order chi connectivity index (χ0) is 18.8. The lowest BCUT2D eigenvalue weighted by Crippen LogP contribution is -2.25. The van der Waals surface area contributed by atoms with Crippen LogP contribution in [0.15, 0.2) is 24.3 Å². The molecule has 0 aliphatic carbocycles. The number of rotatable bonds is 0. The molecule has 9 heteroatoms. The van der Waals surface area contributed by atoms with Crippen LogP contribution in [-0.2, 0) is 17.8 Å². The first-order valence-corrected chi connectivity index (χ1v) is 8.80. The van der Waals surface area contributed by atoms with Crippen molar-refractivity contribution in [2.75, 3.05) is 18.9 Å². The molecule has 0 spiro atoms. The number of anilines is 1. The van der Waals surface area contributed by atoms with Crippen molar-refractivity contribution in [2.45, 2.75) is 25.8 Å². The van der Waals surface area contributed by atoms with E-state index >= 15 is 0 Å². The Labute approximate surface area is 155 Å². The number of amides is 1. The number of hydrogen-bond donors (Lipinski definition) is 3. The predicted octanol–water partition coefficient (Wildman–Crippen LogP) is 0.994. The third-order valence-electron chi connectivity index (χ3n) is 4.43. The van der Waals surface area contributed by atoms with Crippen LogP contribution in [0.2, 0.25) is 0 Å². The molecule has 0 radical (unpaired) electrons. The molecule has 140 valence electrons. The first kappa shape index (κ1) is 17.1. The second-order valence-electron chi connectivity index (χ2n) is 6.43. The standard InChI is InChI=1S/C18H20N6O3/c19-15-14-16-23-17(22-15)27-8-2-7-20-13(25)6-5-11-3-1-4-12(9-11)10-24(16)18(26)21-14/h1,3-4,9H,2,5-8,10H2,(H,20,25)(H,21,26)(H2,19,22,23). The summed E-state index contributed by atoms with van der Waals surface area (Å²) in [6.07, 6.45) is 1.68. The van der Waals surface area contributed by atoms with Gasteiger partial charge >= 0.3 is 6.01 Å². The Kier molecular flexibility index (Phi) is 4.49. The van der Waals surface area contributed by atoms with Crippen molar-refractivity contribution in [1.29, 1.82) is 0 Å². The number of fused-ring (bicyclic) bond motifs is 3. The molecule has 3 aromatic rings. The maximum absolute atomic E-state index is 12.0. The topological polar surface area (TPSA) is 128 Å². The van der Waals surface area contributed by atoms with E-state index in [-0.39, 0.29) is 23.7 Å². The van der Waals surface area contributed by atoms with Gasteiger partial charge in [-0.1, -0.05) is 24.3 Å². The molecule has 9 nitrogen and oxygen atoms in total. The lowest BCUT2D eigenvalue weighted by atomic mass is 10.1. The van der Waals surface area contributed by atoms with Gasteiger partial charge in [-0.05, 0) is 24.0 Å². The van der Waals surface area contributed by atoms with E-state index in [1.54, 1.807) is 4.57 Å². The Hall–Kier alpha value is -3.36. The number of aryl methyl sites for hydroxylation is 1. The molecule has 0 unspecified atom stereocenters. The fourth-order valence-corrected chi connectivity index (χ4v) is 3.08. The highest BCUT2D eigenvalue weighted by Gasteiger charge is 2.17. The van der Waals surface area contributed by atoms with Crippen molar-refractivity contribution in [1.82, 2.24) is 24.8 Å². The number of carbonyl (C=O) groups excluding carboxylic acids is 1. The minimum atomic E-state index is -0.186. The van der Waals surface area contributed by atoms with Crippen molar-refractivity contribution in [2.24, 2.45) is 0 Å². The molecule has 4 bridgehead atoms. The number of nitrogens with zero attached hydrogens (tertiary/aromatic N) is 4. The third-order valence-corrected chi connectivity index (χ3v) is 4.43. The number of hydrogen-bond acceptors (Lipinski definition) is 7. The summed E-state index contributed by atoms with van der Waals surface area (Å²) in [4.78, 5) is 24.5. The Morgan fingerprint density at radius 1 is 1.19 bits per heavy atom. The highest BCUT2D eigenvalue weighted by atomic mass is 16.5. The molecule has 1 aliphatic rings. The number of benzene rings is 1. The molecule has 0 fully saturated rings. The van der Waals surface area contributed by atoms with Gasteiger partial charge in [0.25, 0.3) is 6.01 Å². The van der Waals surface area contributed by atoms with Crippen molar-refractivity contribution < 1.29 is 14.6 Å². The van der Waals surface area contributed by atoms with E-state index in [0.717, 1.165) is 11.1 Å². The smallest absolute Gasteiger partial charge is 0.320 e. The quantitative estimate of drug-likeness (QED) is 0.540. The number of imidazole rings is 1. The Bertz CT molecular complexity index is 1000. The molecule has 1 amide bonds. The highest BCUT2D eigenvalue weighted by Crippen LogP contribution is 2.26. The number of aromatic hydroxyl groups is 1. The summed E-state index contributed by atoms with van der Waals surface area (Å²) >= 11 is 0. The van der Waals surface area contributed by atoms with Crippen LogP contribution in [0.4, 0.5) is 5.82 Å². The second-order valence-corrected chi connectivity index (χ2v) is 6.43. The molecule has 2 aromatic heterocycles. The molecule has 1 aliphatic heterocycles. The van der Waals surface area contributed by atoms with Gasteiger partial charge in [0.15, 0.2) is 17.0 Å². The summed E-state index contributed by atoms with van der Waals surface area (Å²) in [6, 6.07) is 7.80. The van der Waals surface area contributed by atoms with E-state index in [4.69, 9.17) is 10.5 Å². The number of nitrogens with two attached hydrogens (primary N) is 1. The summed E-state index contributed by atoms with van der Waals surface area (Å²) in [7, 11) is 0. The van der Waals surface area contributed by atoms with Gasteiger partial charge in [-0.2, -0.15) is 15.0 Å². The maximum atomic E-state index is 12.0. The number of carbonyl (C=O) groups is 1. The highest BCUT2D eigenvalue weighted by molar-refractivity contribution is 5.83. The lowest BCUT2D eigenvalue weighted by Gasteiger charge is -2.10. The first-order chi connectivity index (χ1) is 13.1. The van der Waals surface area contributed by atoms with Gasteiger partial charge in [-0.3, -0.25) is 9.36 Å². The zero-order valence-corrected chi connectivity index (χ0v) is 14.7. The molecule has 27 heavy (non-hydrogen) atoms. The summed E-state index contributed by atoms with van der Waals surface area (Å²) in [5, 5.41) is 13.2. The Morgan fingerprint density at radius 2 is 2.04 bits per heavy atom. The molecule has 1 aromatic carbocycles. The molecule has 4 N–H and O–H groups in total. The average Bonchev–Trinajstić information content (AvgIpc) is 2.96. The predicted molar refractivity (Wildman–Crippen MR) is 98.4 cm³/mol. The van der Waals surface area contributed by atoms with Gasteiger partial charge in [0.2, 0.25) is 5.91 Å². The fourth-order valence-electron chi connectivity index (χ4n) is 3.08. The number of aromatic nitrogens is 4. The van der Waals surface area contributed by atoms with Crippen LogP contribution in [0.3, 0.4) is 0 Å². The minimum Gasteiger partial charge on any atom is -0.480 e. The van der Waals surface area contributed by atoms with Crippen molar-refractivity contribution in [3.8, 4) is 12.0 Å². The van der Waals surface area contributed by atoms with Crippen LogP contribution >= 0.6 is 0 Å². The average molecular weight is 368 g/mol. The van der Waals surface area contributed by atoms with E-state index in [1.807, 2.05) is 24.3 Å². The monoisotopic (exact) mass is 368 g/mol. The van der Waals surface area contributed by atoms with Crippen LogP contribution in [0.1, 0.15) is 24.0 Å².